The molecule has 4 atom stereocenters. The lowest BCUT2D eigenvalue weighted by Gasteiger charge is -2.60. The minimum Gasteiger partial charge on any atom is -0.379 e. The van der Waals surface area contributed by atoms with Gasteiger partial charge in [0.25, 0.3) is 5.91 Å². The zero-order chi connectivity index (χ0) is 18.4. The first-order valence-corrected chi connectivity index (χ1v) is 9.81. The largest absolute Gasteiger partial charge is 0.379 e. The van der Waals surface area contributed by atoms with Crippen molar-refractivity contribution in [3.05, 3.63) is 35.9 Å². The monoisotopic (exact) mass is 358 g/mol. The second-order valence-electron chi connectivity index (χ2n) is 8.85. The topological polar surface area (TPSA) is 61.8 Å². The molecule has 4 unspecified atom stereocenters. The molecule has 2 aliphatic heterocycles. The molecular weight excluding hydrogens is 328 g/mol. The molecule has 1 amide bonds. The number of amides is 1. The number of likely N-dealkylation sites (tertiary alicyclic amines) is 1. The smallest absolute Gasteiger partial charge is 0.253 e. The fraction of sp³-hybridized carbons (Fsp3) is 0.667. The molecule has 5 heteroatoms. The van der Waals surface area contributed by atoms with E-state index in [0.29, 0.717) is 18.9 Å². The first kappa shape index (κ1) is 18.0. The summed E-state index contributed by atoms with van der Waals surface area (Å²) < 4.78 is 5.92. The summed E-state index contributed by atoms with van der Waals surface area (Å²) in [5.74, 6) is 0.170. The van der Waals surface area contributed by atoms with Gasteiger partial charge in [-0.1, -0.05) is 44.2 Å². The average molecular weight is 358 g/mol. The predicted molar refractivity (Wildman–Crippen MR) is 99.5 cm³/mol. The van der Waals surface area contributed by atoms with Gasteiger partial charge in [0.15, 0.2) is 5.60 Å². The van der Waals surface area contributed by atoms with E-state index in [4.69, 9.17) is 4.74 Å². The van der Waals surface area contributed by atoms with Gasteiger partial charge in [-0.3, -0.25) is 9.69 Å². The number of carbonyl (C=O) groups excluding carboxylic acids is 1. The number of aliphatic hydroxyl groups is 1. The van der Waals surface area contributed by atoms with E-state index in [9.17, 15) is 9.90 Å². The van der Waals surface area contributed by atoms with Crippen LogP contribution in [-0.4, -0.2) is 53.4 Å². The number of nitrogens with one attached hydrogen (secondary N) is 1. The van der Waals surface area contributed by atoms with E-state index < -0.39 is 5.60 Å². The molecule has 0 radical (unpaired) electrons. The zero-order valence-electron chi connectivity index (χ0n) is 15.8. The number of benzene rings is 1. The average Bonchev–Trinajstić information content (AvgIpc) is 3.02. The third-order valence-corrected chi connectivity index (χ3v) is 6.62. The van der Waals surface area contributed by atoms with Crippen molar-refractivity contribution in [2.24, 2.45) is 11.3 Å². The van der Waals surface area contributed by atoms with Crippen LogP contribution >= 0.6 is 0 Å². The Balaban J connectivity index is 1.37. The fourth-order valence-corrected chi connectivity index (χ4v) is 5.12. The van der Waals surface area contributed by atoms with Gasteiger partial charge in [0.1, 0.15) is 0 Å². The van der Waals surface area contributed by atoms with Crippen LogP contribution in [0.5, 0.6) is 0 Å². The Hall–Kier alpha value is -1.43. The van der Waals surface area contributed by atoms with Crippen LogP contribution in [0.2, 0.25) is 0 Å². The molecule has 26 heavy (non-hydrogen) atoms. The number of carbonyl (C=O) groups is 1. The summed E-state index contributed by atoms with van der Waals surface area (Å²) in [5.41, 5.74) is -0.148. The number of hydrogen-bond acceptors (Lipinski definition) is 4. The molecule has 0 aromatic heterocycles. The maximum absolute atomic E-state index is 12.9. The standard InChI is InChI=1S/C21H30N2O3/c1-20(2)17(16-9-6-12-26-18(16)20)22-19(24)21(25)10-11-23(14-21)13-15-7-4-3-5-8-15/h3-5,7-8,16-18,25H,6,9-14H2,1-2H3,(H,22,24). The third kappa shape index (κ3) is 3.06. The van der Waals surface area contributed by atoms with Gasteiger partial charge in [-0.05, 0) is 24.8 Å². The van der Waals surface area contributed by atoms with Crippen molar-refractivity contribution in [3.8, 4) is 0 Å². The van der Waals surface area contributed by atoms with E-state index in [2.05, 4.69) is 36.2 Å². The molecule has 3 fully saturated rings. The van der Waals surface area contributed by atoms with Crippen LogP contribution in [0.4, 0.5) is 0 Å². The highest BCUT2D eigenvalue weighted by atomic mass is 16.5. The van der Waals surface area contributed by atoms with Gasteiger partial charge in [0.2, 0.25) is 0 Å². The van der Waals surface area contributed by atoms with Gasteiger partial charge >= 0.3 is 0 Å². The lowest BCUT2D eigenvalue weighted by atomic mass is 9.55. The summed E-state index contributed by atoms with van der Waals surface area (Å²) in [7, 11) is 0. The van der Waals surface area contributed by atoms with E-state index in [1.54, 1.807) is 0 Å². The summed E-state index contributed by atoms with van der Waals surface area (Å²) in [6.07, 6.45) is 2.87. The van der Waals surface area contributed by atoms with Crippen molar-refractivity contribution in [2.75, 3.05) is 19.7 Å². The van der Waals surface area contributed by atoms with Crippen LogP contribution in [0.1, 0.15) is 38.7 Å². The SMILES string of the molecule is CC1(C)C(NC(=O)C2(O)CCN(Cc3ccccc3)C2)C2CCCOC21. The van der Waals surface area contributed by atoms with Gasteiger partial charge < -0.3 is 15.2 Å². The molecular formula is C21H30N2O3. The molecule has 2 heterocycles. The Kier molecular flexibility index (Phi) is 4.58. The molecule has 1 aliphatic carbocycles. The minimum absolute atomic E-state index is 0.0700. The molecule has 1 aromatic rings. The first-order valence-electron chi connectivity index (χ1n) is 9.81. The minimum atomic E-state index is -1.29. The summed E-state index contributed by atoms with van der Waals surface area (Å²) in [6, 6.07) is 10.3. The number of fused-ring (bicyclic) bond motifs is 1. The van der Waals surface area contributed by atoms with Crippen molar-refractivity contribution in [2.45, 2.75) is 57.4 Å². The molecule has 142 valence electrons. The number of nitrogens with zero attached hydrogens (tertiary/aromatic N) is 1. The molecule has 2 N–H and O–H groups in total. The summed E-state index contributed by atoms with van der Waals surface area (Å²) in [5, 5.41) is 14.1. The molecule has 5 nitrogen and oxygen atoms in total. The normalized spacial score (nSPS) is 36.2. The highest BCUT2D eigenvalue weighted by Gasteiger charge is 2.59. The van der Waals surface area contributed by atoms with Crippen molar-refractivity contribution in [1.82, 2.24) is 10.2 Å². The van der Waals surface area contributed by atoms with Crippen LogP contribution in [0, 0.1) is 11.3 Å². The summed E-state index contributed by atoms with van der Waals surface area (Å²) >= 11 is 0. The van der Waals surface area contributed by atoms with Crippen molar-refractivity contribution < 1.29 is 14.6 Å². The maximum Gasteiger partial charge on any atom is 0.253 e. The Morgan fingerprint density at radius 2 is 2.12 bits per heavy atom. The number of ether oxygens (including phenoxy) is 1. The molecule has 4 rings (SSSR count). The van der Waals surface area contributed by atoms with Crippen LogP contribution < -0.4 is 5.32 Å². The third-order valence-electron chi connectivity index (χ3n) is 6.62. The number of rotatable bonds is 4. The molecule has 1 saturated carbocycles. The van der Waals surface area contributed by atoms with Gasteiger partial charge in [-0.15, -0.1) is 0 Å². The molecule has 0 bridgehead atoms. The molecule has 1 aromatic carbocycles. The summed E-state index contributed by atoms with van der Waals surface area (Å²) in [4.78, 5) is 15.1. The Morgan fingerprint density at radius 1 is 1.35 bits per heavy atom. The fourth-order valence-electron chi connectivity index (χ4n) is 5.12. The highest BCUT2D eigenvalue weighted by molar-refractivity contribution is 5.86. The van der Waals surface area contributed by atoms with E-state index in [1.165, 1.54) is 5.56 Å². The predicted octanol–water partition coefficient (Wildman–Crippen LogP) is 1.94. The molecule has 3 aliphatic rings. The van der Waals surface area contributed by atoms with Crippen molar-refractivity contribution in [3.63, 3.8) is 0 Å². The number of β-amino-alcohol motifs (C(OH)–C–C–N with tert-alkyl or cyclic N) is 1. The maximum atomic E-state index is 12.9. The van der Waals surface area contributed by atoms with Crippen LogP contribution in [0.25, 0.3) is 0 Å². The second kappa shape index (κ2) is 6.63. The van der Waals surface area contributed by atoms with Crippen LogP contribution in [0.3, 0.4) is 0 Å². The van der Waals surface area contributed by atoms with E-state index in [1.807, 2.05) is 18.2 Å². The lowest BCUT2D eigenvalue weighted by Crippen LogP contribution is -2.71. The van der Waals surface area contributed by atoms with E-state index in [-0.39, 0.29) is 23.5 Å². The molecule has 2 saturated heterocycles. The first-order chi connectivity index (χ1) is 12.4. The quantitative estimate of drug-likeness (QED) is 0.864. The van der Waals surface area contributed by atoms with Crippen LogP contribution in [-0.2, 0) is 16.1 Å². The zero-order valence-corrected chi connectivity index (χ0v) is 15.8. The second-order valence-corrected chi connectivity index (χ2v) is 8.85. The van der Waals surface area contributed by atoms with Gasteiger partial charge in [-0.25, -0.2) is 0 Å². The van der Waals surface area contributed by atoms with Crippen LogP contribution in [0.15, 0.2) is 30.3 Å². The highest BCUT2D eigenvalue weighted by Crippen LogP contribution is 2.51. The van der Waals surface area contributed by atoms with Gasteiger partial charge in [-0.2, -0.15) is 0 Å². The number of hydrogen-bond donors (Lipinski definition) is 2. The Labute approximate surface area is 155 Å². The van der Waals surface area contributed by atoms with Crippen molar-refractivity contribution >= 4 is 5.91 Å². The molecule has 0 spiro atoms. The van der Waals surface area contributed by atoms with Crippen molar-refractivity contribution in [1.29, 1.82) is 0 Å². The van der Waals surface area contributed by atoms with Gasteiger partial charge in [0.05, 0.1) is 6.10 Å². The Bertz CT molecular complexity index is 662. The lowest BCUT2D eigenvalue weighted by molar-refractivity contribution is -0.196. The Morgan fingerprint density at radius 3 is 2.88 bits per heavy atom. The van der Waals surface area contributed by atoms with Gasteiger partial charge in [0, 0.05) is 43.6 Å². The van der Waals surface area contributed by atoms with E-state index >= 15 is 0 Å². The summed E-state index contributed by atoms with van der Waals surface area (Å²) in [6.45, 7) is 7.04. The van der Waals surface area contributed by atoms with E-state index in [0.717, 1.165) is 32.5 Å².